The quantitative estimate of drug-likeness (QED) is 0.413. The van der Waals surface area contributed by atoms with Crippen LogP contribution < -0.4 is 5.63 Å². The largest absolute Gasteiger partial charge is 0.508 e. The fraction of sp³-hybridized carbons (Fsp3) is 0.125. The van der Waals surface area contributed by atoms with Crippen molar-refractivity contribution in [3.63, 3.8) is 0 Å². The summed E-state index contributed by atoms with van der Waals surface area (Å²) < 4.78 is 21.8. The number of pyridine rings is 1. The van der Waals surface area contributed by atoms with Gasteiger partial charge in [0.2, 0.25) is 5.71 Å². The van der Waals surface area contributed by atoms with E-state index < -0.39 is 17.5 Å². The van der Waals surface area contributed by atoms with Crippen molar-refractivity contribution in [1.82, 2.24) is 9.55 Å². The highest BCUT2D eigenvalue weighted by Gasteiger charge is 2.20. The summed E-state index contributed by atoms with van der Waals surface area (Å²) in [4.78, 5) is 27.8. The molecule has 0 bridgehead atoms. The van der Waals surface area contributed by atoms with E-state index in [2.05, 4.69) is 4.98 Å². The highest BCUT2D eigenvalue weighted by Crippen LogP contribution is 2.35. The Morgan fingerprint density at radius 3 is 2.81 bits per heavy atom. The molecule has 0 aliphatic carbocycles. The van der Waals surface area contributed by atoms with Crippen LogP contribution in [0, 0.1) is 5.82 Å². The van der Waals surface area contributed by atoms with E-state index in [0.29, 0.717) is 33.5 Å². The lowest BCUT2D eigenvalue weighted by Crippen LogP contribution is -2.13. The third-order valence-electron chi connectivity index (χ3n) is 5.51. The van der Waals surface area contributed by atoms with Gasteiger partial charge in [-0.2, -0.15) is 0 Å². The Bertz CT molecular complexity index is 1570. The average molecular weight is 432 g/mol. The molecule has 0 saturated carbocycles. The predicted octanol–water partition coefficient (Wildman–Crippen LogP) is 3.29. The molecule has 2 aromatic carbocycles. The van der Waals surface area contributed by atoms with Gasteiger partial charge >= 0.3 is 5.63 Å². The van der Waals surface area contributed by atoms with Crippen molar-refractivity contribution in [1.29, 1.82) is 0 Å². The van der Waals surface area contributed by atoms with Crippen LogP contribution in [0.3, 0.4) is 0 Å². The Hall–Kier alpha value is -4.04. The average Bonchev–Trinajstić information content (AvgIpc) is 3.10. The summed E-state index contributed by atoms with van der Waals surface area (Å²) >= 11 is 0. The predicted molar refractivity (Wildman–Crippen MR) is 116 cm³/mol. The minimum absolute atomic E-state index is 0.00182. The molecule has 0 radical (unpaired) electrons. The van der Waals surface area contributed by atoms with E-state index in [1.54, 1.807) is 34.9 Å². The van der Waals surface area contributed by atoms with E-state index >= 15 is 0 Å². The molecular weight excluding hydrogens is 415 g/mol. The van der Waals surface area contributed by atoms with Crippen molar-refractivity contribution < 1.29 is 23.8 Å². The lowest BCUT2D eigenvalue weighted by molar-refractivity contribution is -0.114. The molecule has 32 heavy (non-hydrogen) atoms. The van der Waals surface area contributed by atoms with Crippen LogP contribution in [0.1, 0.15) is 11.1 Å². The van der Waals surface area contributed by atoms with Crippen LogP contribution in [0.5, 0.6) is 5.75 Å². The van der Waals surface area contributed by atoms with Crippen LogP contribution >= 0.6 is 0 Å². The molecule has 160 valence electrons. The first kappa shape index (κ1) is 19.9. The number of aliphatic hydroxyl groups excluding tert-OH is 1. The monoisotopic (exact) mass is 432 g/mol. The van der Waals surface area contributed by atoms with Gasteiger partial charge < -0.3 is 24.0 Å². The number of halogens is 1. The number of nitrogens with zero attached hydrogens (tertiary/aromatic N) is 2. The second-order valence-electron chi connectivity index (χ2n) is 7.59. The molecule has 5 aromatic rings. The number of fused-ring (bicyclic) bond motifs is 5. The molecule has 2 N–H and O–H groups in total. The molecule has 1 unspecified atom stereocenters. The molecule has 7 nitrogen and oxygen atoms in total. The van der Waals surface area contributed by atoms with Gasteiger partial charge in [-0.25, -0.2) is 14.2 Å². The summed E-state index contributed by atoms with van der Waals surface area (Å²) in [6.45, 7) is -0.00182. The van der Waals surface area contributed by atoms with Gasteiger partial charge in [-0.3, -0.25) is 0 Å². The Morgan fingerprint density at radius 2 is 2.00 bits per heavy atom. The first-order valence-corrected chi connectivity index (χ1v) is 9.89. The van der Waals surface area contributed by atoms with Crippen molar-refractivity contribution in [2.75, 3.05) is 0 Å². The molecule has 0 spiro atoms. The smallest absolute Gasteiger partial charge is 0.362 e. The van der Waals surface area contributed by atoms with Crippen molar-refractivity contribution in [2.45, 2.75) is 19.1 Å². The Kier molecular flexibility index (Phi) is 4.71. The zero-order valence-electron chi connectivity index (χ0n) is 16.7. The molecule has 0 fully saturated rings. The van der Waals surface area contributed by atoms with Crippen LogP contribution in [-0.2, 0) is 17.8 Å². The van der Waals surface area contributed by atoms with E-state index in [1.807, 2.05) is 0 Å². The normalized spacial score (nSPS) is 12.6. The summed E-state index contributed by atoms with van der Waals surface area (Å²) in [6.07, 6.45) is 0.807. The van der Waals surface area contributed by atoms with E-state index in [4.69, 9.17) is 4.42 Å². The highest BCUT2D eigenvalue weighted by molar-refractivity contribution is 6.18. The molecule has 3 aromatic heterocycles. The van der Waals surface area contributed by atoms with Gasteiger partial charge in [0.15, 0.2) is 0 Å². The number of aldehydes is 1. The van der Waals surface area contributed by atoms with E-state index in [9.17, 15) is 24.2 Å². The molecule has 1 atom stereocenters. The van der Waals surface area contributed by atoms with Crippen molar-refractivity contribution in [3.8, 4) is 5.75 Å². The van der Waals surface area contributed by atoms with Gasteiger partial charge in [-0.05, 0) is 42.0 Å². The van der Waals surface area contributed by atoms with Gasteiger partial charge in [0.05, 0.1) is 6.54 Å². The van der Waals surface area contributed by atoms with Crippen LogP contribution in [0.4, 0.5) is 4.39 Å². The molecule has 0 saturated heterocycles. The number of phenols is 1. The summed E-state index contributed by atoms with van der Waals surface area (Å²) in [7, 11) is 0. The lowest BCUT2D eigenvalue weighted by Gasteiger charge is -2.11. The minimum atomic E-state index is -1.18. The van der Waals surface area contributed by atoms with E-state index in [0.717, 1.165) is 0 Å². The number of aromatic nitrogens is 2. The maximum Gasteiger partial charge on any atom is 0.362 e. The first-order valence-electron chi connectivity index (χ1n) is 9.89. The van der Waals surface area contributed by atoms with Gasteiger partial charge in [0.25, 0.3) is 0 Å². The number of hydrogen-bond acceptors (Lipinski definition) is 6. The standard InChI is InChI=1S/C24H17FN2O5/c25-19-5-3-13(9-16(30)12-28)8-14(19)11-27-20-6-4-15(29)10-18(20)21-17-2-1-7-26-23(17)32-24(31)22(21)27/h1-8,10,12,16,29-30H,9,11H2. The van der Waals surface area contributed by atoms with E-state index in [-0.39, 0.29) is 35.5 Å². The molecule has 0 aliphatic heterocycles. The summed E-state index contributed by atoms with van der Waals surface area (Å²) in [5, 5.41) is 21.5. The van der Waals surface area contributed by atoms with Crippen LogP contribution in [0.15, 0.2) is 63.9 Å². The fourth-order valence-electron chi connectivity index (χ4n) is 4.13. The second-order valence-corrected chi connectivity index (χ2v) is 7.59. The molecular formula is C24H17FN2O5. The minimum Gasteiger partial charge on any atom is -0.508 e. The maximum absolute atomic E-state index is 14.7. The fourth-order valence-corrected chi connectivity index (χ4v) is 4.13. The highest BCUT2D eigenvalue weighted by atomic mass is 19.1. The molecule has 0 amide bonds. The zero-order chi connectivity index (χ0) is 22.4. The number of hydrogen-bond donors (Lipinski definition) is 2. The van der Waals surface area contributed by atoms with Gasteiger partial charge in [-0.15, -0.1) is 0 Å². The molecule has 5 rings (SSSR count). The number of benzene rings is 2. The van der Waals surface area contributed by atoms with Crippen molar-refractivity contribution >= 4 is 39.2 Å². The van der Waals surface area contributed by atoms with Crippen molar-refractivity contribution in [2.24, 2.45) is 0 Å². The second kappa shape index (κ2) is 7.58. The summed E-state index contributed by atoms with van der Waals surface area (Å²) in [5.74, 6) is -0.465. The SMILES string of the molecule is O=CC(O)Cc1ccc(F)c(Cn2c3ccc(O)cc3c3c4cccnc4oc(=O)c32)c1. The van der Waals surface area contributed by atoms with Crippen LogP contribution in [-0.4, -0.2) is 32.2 Å². The number of aromatic hydroxyl groups is 1. The summed E-state index contributed by atoms with van der Waals surface area (Å²) in [6, 6.07) is 12.5. The topological polar surface area (TPSA) is 106 Å². The maximum atomic E-state index is 14.7. The first-order chi connectivity index (χ1) is 15.5. The van der Waals surface area contributed by atoms with Crippen LogP contribution in [0.2, 0.25) is 0 Å². The number of phenolic OH excluding ortho intramolecular Hbond substituents is 1. The number of rotatable bonds is 5. The number of carbonyl (C=O) groups is 1. The lowest BCUT2D eigenvalue weighted by atomic mass is 10.0. The third-order valence-corrected chi connectivity index (χ3v) is 5.51. The Labute approximate surface area is 180 Å². The third kappa shape index (κ3) is 3.21. The summed E-state index contributed by atoms with van der Waals surface area (Å²) in [5.41, 5.74) is 1.24. The van der Waals surface area contributed by atoms with E-state index in [1.165, 1.54) is 24.4 Å². The Morgan fingerprint density at radius 1 is 1.16 bits per heavy atom. The van der Waals surface area contributed by atoms with Crippen molar-refractivity contribution in [3.05, 3.63) is 82.1 Å². The number of carbonyl (C=O) groups excluding carboxylic acids is 1. The molecule has 0 aliphatic rings. The Balaban J connectivity index is 1.78. The van der Waals surface area contributed by atoms with Gasteiger partial charge in [0, 0.05) is 39.9 Å². The molecule has 3 heterocycles. The van der Waals surface area contributed by atoms with Gasteiger partial charge in [-0.1, -0.05) is 12.1 Å². The number of aliphatic hydroxyl groups is 1. The zero-order valence-corrected chi connectivity index (χ0v) is 16.7. The van der Waals surface area contributed by atoms with Gasteiger partial charge in [0.1, 0.15) is 29.5 Å². The molecule has 8 heteroatoms. The van der Waals surface area contributed by atoms with Crippen LogP contribution in [0.25, 0.3) is 32.9 Å².